The highest BCUT2D eigenvalue weighted by Crippen LogP contribution is 2.31. The number of rotatable bonds is 4. The molecule has 21 heavy (non-hydrogen) atoms. The normalized spacial score (nSPS) is 17.2. The lowest BCUT2D eigenvalue weighted by Crippen LogP contribution is -2.39. The minimum absolute atomic E-state index is 0.0464. The summed E-state index contributed by atoms with van der Waals surface area (Å²) in [6.07, 6.45) is 1.30. The maximum Gasteiger partial charge on any atom is 0.405 e. The molecular weight excluding hydrogens is 284 g/mol. The van der Waals surface area contributed by atoms with Gasteiger partial charge in [-0.15, -0.1) is 0 Å². The highest BCUT2D eigenvalue weighted by Gasteiger charge is 2.25. The molecule has 0 aliphatic heterocycles. The van der Waals surface area contributed by atoms with E-state index < -0.39 is 14.2 Å². The molecule has 114 valence electrons. The Morgan fingerprint density at radius 1 is 1.33 bits per heavy atom. The van der Waals surface area contributed by atoms with Crippen LogP contribution in [0, 0.1) is 0 Å². The fourth-order valence-electron chi connectivity index (χ4n) is 2.51. The standard InChI is InChI=1S/C15H22N2O3Si/c1-21(2,3)9-16-14(18)11-4-6-12-10(8-11)5-7-13(12)17-15(19)20/h4,6,8,13,17H,5,7,9H2,1-3H3,(H,16,18)(H,19,20). The van der Waals surface area contributed by atoms with E-state index in [0.29, 0.717) is 5.56 Å². The maximum absolute atomic E-state index is 12.2. The van der Waals surface area contributed by atoms with E-state index in [1.807, 2.05) is 12.1 Å². The number of benzene rings is 1. The van der Waals surface area contributed by atoms with Gasteiger partial charge >= 0.3 is 6.09 Å². The van der Waals surface area contributed by atoms with Gasteiger partial charge in [0.2, 0.25) is 0 Å². The van der Waals surface area contributed by atoms with Crippen LogP contribution in [-0.4, -0.2) is 31.3 Å². The van der Waals surface area contributed by atoms with Crippen LogP contribution in [0.25, 0.3) is 0 Å². The number of carbonyl (C=O) groups is 2. The van der Waals surface area contributed by atoms with Crippen molar-refractivity contribution in [2.24, 2.45) is 0 Å². The third-order valence-corrected chi connectivity index (χ3v) is 4.80. The monoisotopic (exact) mass is 306 g/mol. The van der Waals surface area contributed by atoms with Crippen molar-refractivity contribution in [2.75, 3.05) is 6.17 Å². The van der Waals surface area contributed by atoms with Gasteiger partial charge in [-0.25, -0.2) is 4.79 Å². The van der Waals surface area contributed by atoms with Crippen LogP contribution in [0.5, 0.6) is 0 Å². The zero-order valence-electron chi connectivity index (χ0n) is 12.7. The van der Waals surface area contributed by atoms with Crippen LogP contribution < -0.4 is 10.6 Å². The molecule has 1 aliphatic carbocycles. The number of hydrogen-bond acceptors (Lipinski definition) is 2. The number of amides is 2. The van der Waals surface area contributed by atoms with Crippen molar-refractivity contribution in [1.29, 1.82) is 0 Å². The smallest absolute Gasteiger partial charge is 0.405 e. The maximum atomic E-state index is 12.2. The van der Waals surface area contributed by atoms with E-state index in [0.717, 1.165) is 30.1 Å². The lowest BCUT2D eigenvalue weighted by atomic mass is 10.0. The molecule has 3 N–H and O–H groups in total. The van der Waals surface area contributed by atoms with Gasteiger partial charge in [0.1, 0.15) is 0 Å². The highest BCUT2D eigenvalue weighted by atomic mass is 28.3. The first-order chi connectivity index (χ1) is 9.76. The van der Waals surface area contributed by atoms with E-state index in [1.165, 1.54) is 0 Å². The summed E-state index contributed by atoms with van der Waals surface area (Å²) in [6.45, 7) is 6.62. The zero-order valence-corrected chi connectivity index (χ0v) is 13.7. The van der Waals surface area contributed by atoms with Gasteiger partial charge in [-0.1, -0.05) is 25.7 Å². The summed E-state index contributed by atoms with van der Waals surface area (Å²) >= 11 is 0. The summed E-state index contributed by atoms with van der Waals surface area (Å²) in [6, 6.07) is 5.38. The minimum atomic E-state index is -1.31. The predicted octanol–water partition coefficient (Wildman–Crippen LogP) is 2.55. The molecule has 1 atom stereocenters. The van der Waals surface area contributed by atoms with Crippen molar-refractivity contribution < 1.29 is 14.7 Å². The molecule has 0 spiro atoms. The predicted molar refractivity (Wildman–Crippen MR) is 84.3 cm³/mol. The minimum Gasteiger partial charge on any atom is -0.465 e. The van der Waals surface area contributed by atoms with Crippen molar-refractivity contribution in [3.63, 3.8) is 0 Å². The molecule has 0 aromatic heterocycles. The number of aryl methyl sites for hydroxylation is 1. The Morgan fingerprint density at radius 2 is 2.05 bits per heavy atom. The molecule has 1 unspecified atom stereocenters. The van der Waals surface area contributed by atoms with Crippen molar-refractivity contribution in [3.05, 3.63) is 34.9 Å². The number of carbonyl (C=O) groups excluding carboxylic acids is 1. The molecule has 1 aliphatic rings. The second-order valence-corrected chi connectivity index (χ2v) is 12.2. The van der Waals surface area contributed by atoms with Gasteiger partial charge in [0, 0.05) is 11.7 Å². The molecule has 5 nitrogen and oxygen atoms in total. The molecule has 0 radical (unpaired) electrons. The largest absolute Gasteiger partial charge is 0.465 e. The molecule has 0 heterocycles. The van der Waals surface area contributed by atoms with Crippen LogP contribution in [0.4, 0.5) is 4.79 Å². The van der Waals surface area contributed by atoms with E-state index in [-0.39, 0.29) is 11.9 Å². The van der Waals surface area contributed by atoms with Crippen molar-refractivity contribution in [1.82, 2.24) is 10.6 Å². The Labute approximate surface area is 125 Å². The van der Waals surface area contributed by atoms with E-state index in [4.69, 9.17) is 5.11 Å². The van der Waals surface area contributed by atoms with Crippen LogP contribution in [0.1, 0.15) is 33.9 Å². The van der Waals surface area contributed by atoms with E-state index in [2.05, 4.69) is 30.3 Å². The van der Waals surface area contributed by atoms with Crippen LogP contribution in [-0.2, 0) is 6.42 Å². The average molecular weight is 306 g/mol. The van der Waals surface area contributed by atoms with Crippen molar-refractivity contribution in [2.45, 2.75) is 38.5 Å². The topological polar surface area (TPSA) is 78.4 Å². The van der Waals surface area contributed by atoms with Gasteiger partial charge in [-0.2, -0.15) is 0 Å². The first kappa shape index (κ1) is 15.6. The molecule has 1 aromatic carbocycles. The van der Waals surface area contributed by atoms with Gasteiger partial charge < -0.3 is 15.7 Å². The third kappa shape index (κ3) is 4.07. The van der Waals surface area contributed by atoms with Crippen LogP contribution in [0.2, 0.25) is 19.6 Å². The van der Waals surface area contributed by atoms with Gasteiger partial charge in [0.25, 0.3) is 5.91 Å². The second kappa shape index (κ2) is 5.89. The molecular formula is C15H22N2O3Si. The van der Waals surface area contributed by atoms with E-state index >= 15 is 0 Å². The molecule has 6 heteroatoms. The van der Waals surface area contributed by atoms with Crippen LogP contribution >= 0.6 is 0 Å². The lowest BCUT2D eigenvalue weighted by Gasteiger charge is -2.17. The number of nitrogens with one attached hydrogen (secondary N) is 2. The van der Waals surface area contributed by atoms with E-state index in [1.54, 1.807) is 6.07 Å². The SMILES string of the molecule is C[Si](C)(C)CNC(=O)c1ccc2c(c1)CCC2NC(=O)O. The third-order valence-electron chi connectivity index (χ3n) is 3.56. The van der Waals surface area contributed by atoms with Crippen molar-refractivity contribution >= 4 is 20.1 Å². The molecule has 0 bridgehead atoms. The average Bonchev–Trinajstić information content (AvgIpc) is 2.77. The molecule has 2 rings (SSSR count). The number of fused-ring (bicyclic) bond motifs is 1. The summed E-state index contributed by atoms with van der Waals surface area (Å²) in [7, 11) is -1.31. The quantitative estimate of drug-likeness (QED) is 0.748. The lowest BCUT2D eigenvalue weighted by molar-refractivity contribution is 0.0959. The van der Waals surface area contributed by atoms with Crippen LogP contribution in [0.15, 0.2) is 18.2 Å². The highest BCUT2D eigenvalue weighted by molar-refractivity contribution is 6.76. The Bertz CT molecular complexity index is 567. The first-order valence-electron chi connectivity index (χ1n) is 7.17. The Balaban J connectivity index is 2.08. The van der Waals surface area contributed by atoms with Gasteiger partial charge in [0.15, 0.2) is 0 Å². The fourth-order valence-corrected chi connectivity index (χ4v) is 3.20. The molecule has 1 aromatic rings. The molecule has 0 fully saturated rings. The Kier molecular flexibility index (Phi) is 4.36. The fraction of sp³-hybridized carbons (Fsp3) is 0.467. The van der Waals surface area contributed by atoms with Gasteiger partial charge in [-0.3, -0.25) is 4.79 Å². The van der Waals surface area contributed by atoms with E-state index in [9.17, 15) is 9.59 Å². The Morgan fingerprint density at radius 3 is 2.67 bits per heavy atom. The zero-order chi connectivity index (χ0) is 15.6. The summed E-state index contributed by atoms with van der Waals surface area (Å²) < 4.78 is 0. The van der Waals surface area contributed by atoms with Gasteiger partial charge in [0.05, 0.1) is 14.1 Å². The second-order valence-electron chi connectivity index (χ2n) is 6.70. The molecule has 0 saturated heterocycles. The number of hydrogen-bond donors (Lipinski definition) is 3. The van der Waals surface area contributed by atoms with Gasteiger partial charge in [-0.05, 0) is 36.1 Å². The summed E-state index contributed by atoms with van der Waals surface area (Å²) in [4.78, 5) is 22.9. The Hall–Kier alpha value is -1.82. The molecule has 0 saturated carbocycles. The van der Waals surface area contributed by atoms with Crippen molar-refractivity contribution in [3.8, 4) is 0 Å². The molecule has 2 amide bonds. The summed E-state index contributed by atoms with van der Waals surface area (Å²) in [5, 5.41) is 14.3. The van der Waals surface area contributed by atoms with Crippen LogP contribution in [0.3, 0.4) is 0 Å². The summed E-state index contributed by atoms with van der Waals surface area (Å²) in [5.41, 5.74) is 2.71. The number of carboxylic acid groups (broad SMARTS) is 1. The first-order valence-corrected chi connectivity index (χ1v) is 10.9. The summed E-state index contributed by atoms with van der Waals surface area (Å²) in [5.74, 6) is -0.0464.